The number of hydrogen-bond acceptors (Lipinski definition) is 8. The lowest BCUT2D eigenvalue weighted by Gasteiger charge is -2.36. The molecule has 1 atom stereocenters. The standard InChI is InChI=1S/C15H21N7O2/c23-12-8-21(9-12)15-18-13(11-1-6-24-10-11)7-14(19-15)16-2-4-22-5-3-17-20-22/h3,5,7,11-12,23H,1-2,4,6,8-10H2,(H,16,18,19)/t11-/m1/s1. The summed E-state index contributed by atoms with van der Waals surface area (Å²) in [6.45, 7) is 4.07. The van der Waals surface area contributed by atoms with Crippen molar-refractivity contribution in [3.63, 3.8) is 0 Å². The summed E-state index contributed by atoms with van der Waals surface area (Å²) in [7, 11) is 0. The molecule has 2 fully saturated rings. The number of anilines is 2. The number of β-amino-alcohol motifs (C(OH)–C–C–N with tert-alkyl or cyclic N) is 1. The van der Waals surface area contributed by atoms with E-state index in [1.807, 2.05) is 17.2 Å². The van der Waals surface area contributed by atoms with Crippen LogP contribution in [0.1, 0.15) is 18.0 Å². The molecule has 2 N–H and O–H groups in total. The van der Waals surface area contributed by atoms with Crippen molar-refractivity contribution in [1.82, 2.24) is 25.0 Å². The van der Waals surface area contributed by atoms with Crippen molar-refractivity contribution in [2.24, 2.45) is 0 Å². The normalized spacial score (nSPS) is 21.0. The predicted molar refractivity (Wildman–Crippen MR) is 86.9 cm³/mol. The summed E-state index contributed by atoms with van der Waals surface area (Å²) in [4.78, 5) is 11.3. The highest BCUT2D eigenvalue weighted by Gasteiger charge is 2.28. The Balaban J connectivity index is 1.48. The molecule has 2 aromatic heterocycles. The number of hydrogen-bond donors (Lipinski definition) is 2. The molecule has 2 aromatic rings. The number of nitrogens with zero attached hydrogens (tertiary/aromatic N) is 6. The molecule has 0 spiro atoms. The highest BCUT2D eigenvalue weighted by Crippen LogP contribution is 2.28. The number of aromatic nitrogens is 5. The van der Waals surface area contributed by atoms with Crippen LogP contribution in [0.2, 0.25) is 0 Å². The van der Waals surface area contributed by atoms with E-state index in [2.05, 4.69) is 25.6 Å². The summed E-state index contributed by atoms with van der Waals surface area (Å²) in [5.41, 5.74) is 1.00. The van der Waals surface area contributed by atoms with E-state index in [-0.39, 0.29) is 6.10 Å². The largest absolute Gasteiger partial charge is 0.389 e. The Labute approximate surface area is 139 Å². The first-order valence-electron chi connectivity index (χ1n) is 8.25. The Morgan fingerprint density at radius 2 is 2.25 bits per heavy atom. The zero-order chi connectivity index (χ0) is 16.4. The van der Waals surface area contributed by atoms with E-state index < -0.39 is 0 Å². The van der Waals surface area contributed by atoms with Crippen molar-refractivity contribution in [1.29, 1.82) is 0 Å². The third-order valence-electron chi connectivity index (χ3n) is 4.35. The van der Waals surface area contributed by atoms with Gasteiger partial charge in [0.2, 0.25) is 5.95 Å². The molecule has 4 rings (SSSR count). The van der Waals surface area contributed by atoms with Gasteiger partial charge < -0.3 is 20.1 Å². The summed E-state index contributed by atoms with van der Waals surface area (Å²) >= 11 is 0. The summed E-state index contributed by atoms with van der Waals surface area (Å²) in [6.07, 6.45) is 4.19. The third-order valence-corrected chi connectivity index (χ3v) is 4.35. The smallest absolute Gasteiger partial charge is 0.227 e. The van der Waals surface area contributed by atoms with E-state index in [0.717, 1.165) is 24.5 Å². The second-order valence-corrected chi connectivity index (χ2v) is 6.19. The number of aliphatic hydroxyl groups excluding tert-OH is 1. The lowest BCUT2D eigenvalue weighted by Crippen LogP contribution is -2.51. The molecule has 2 aliphatic heterocycles. The molecule has 9 nitrogen and oxygen atoms in total. The fraction of sp³-hybridized carbons (Fsp3) is 0.600. The highest BCUT2D eigenvalue weighted by atomic mass is 16.5. The van der Waals surface area contributed by atoms with Crippen LogP contribution in [0.4, 0.5) is 11.8 Å². The molecular weight excluding hydrogens is 310 g/mol. The van der Waals surface area contributed by atoms with Crippen LogP contribution in [0.25, 0.3) is 0 Å². The van der Waals surface area contributed by atoms with Gasteiger partial charge in [0.1, 0.15) is 5.82 Å². The van der Waals surface area contributed by atoms with Crippen molar-refractivity contribution in [2.45, 2.75) is 25.0 Å². The van der Waals surface area contributed by atoms with Gasteiger partial charge in [0.15, 0.2) is 0 Å². The molecule has 128 valence electrons. The first-order valence-corrected chi connectivity index (χ1v) is 8.25. The van der Waals surface area contributed by atoms with Gasteiger partial charge in [-0.25, -0.2) is 4.98 Å². The van der Waals surface area contributed by atoms with Crippen LogP contribution in [0.15, 0.2) is 18.5 Å². The maximum atomic E-state index is 9.53. The van der Waals surface area contributed by atoms with Crippen molar-refractivity contribution in [2.75, 3.05) is 43.1 Å². The summed E-state index contributed by atoms with van der Waals surface area (Å²) in [5.74, 6) is 1.78. The molecule has 0 bridgehead atoms. The Morgan fingerprint density at radius 1 is 1.33 bits per heavy atom. The third kappa shape index (κ3) is 3.31. The minimum Gasteiger partial charge on any atom is -0.389 e. The Kier molecular flexibility index (Phi) is 4.26. The fourth-order valence-electron chi connectivity index (χ4n) is 2.93. The van der Waals surface area contributed by atoms with Gasteiger partial charge in [0.05, 0.1) is 31.1 Å². The second kappa shape index (κ2) is 6.70. The lowest BCUT2D eigenvalue weighted by atomic mass is 10.0. The van der Waals surface area contributed by atoms with Crippen LogP contribution in [0, 0.1) is 0 Å². The second-order valence-electron chi connectivity index (χ2n) is 6.19. The van der Waals surface area contributed by atoms with Crippen LogP contribution in [0.3, 0.4) is 0 Å². The van der Waals surface area contributed by atoms with Crippen LogP contribution in [0.5, 0.6) is 0 Å². The Bertz CT molecular complexity index is 666. The average Bonchev–Trinajstić information content (AvgIpc) is 3.25. The topological polar surface area (TPSA) is 101 Å². The van der Waals surface area contributed by atoms with E-state index in [9.17, 15) is 5.11 Å². The van der Waals surface area contributed by atoms with Crippen molar-refractivity contribution in [3.8, 4) is 0 Å². The number of aliphatic hydroxyl groups is 1. The molecule has 2 aliphatic rings. The molecular formula is C15H21N7O2. The molecule has 24 heavy (non-hydrogen) atoms. The molecule has 9 heteroatoms. The van der Waals surface area contributed by atoms with Crippen LogP contribution >= 0.6 is 0 Å². The molecule has 0 aliphatic carbocycles. The number of ether oxygens (including phenoxy) is 1. The van der Waals surface area contributed by atoms with Gasteiger partial charge in [-0.3, -0.25) is 4.68 Å². The molecule has 0 unspecified atom stereocenters. The molecule has 0 aromatic carbocycles. The van der Waals surface area contributed by atoms with Gasteiger partial charge in [-0.2, -0.15) is 4.98 Å². The zero-order valence-electron chi connectivity index (χ0n) is 13.4. The van der Waals surface area contributed by atoms with Gasteiger partial charge >= 0.3 is 0 Å². The van der Waals surface area contributed by atoms with Gasteiger partial charge in [-0.1, -0.05) is 5.21 Å². The Hall–Kier alpha value is -2.26. The average molecular weight is 331 g/mol. The van der Waals surface area contributed by atoms with E-state index in [1.54, 1.807) is 10.9 Å². The summed E-state index contributed by atoms with van der Waals surface area (Å²) in [6, 6.07) is 2.00. The van der Waals surface area contributed by atoms with Gasteiger partial charge in [-0.15, -0.1) is 5.10 Å². The Morgan fingerprint density at radius 3 is 2.96 bits per heavy atom. The van der Waals surface area contributed by atoms with Crippen molar-refractivity contribution in [3.05, 3.63) is 24.2 Å². The van der Waals surface area contributed by atoms with E-state index in [1.165, 1.54) is 0 Å². The maximum absolute atomic E-state index is 9.53. The minimum atomic E-state index is -0.282. The van der Waals surface area contributed by atoms with E-state index in [4.69, 9.17) is 4.74 Å². The van der Waals surface area contributed by atoms with E-state index in [0.29, 0.717) is 44.7 Å². The fourth-order valence-corrected chi connectivity index (χ4v) is 2.93. The maximum Gasteiger partial charge on any atom is 0.227 e. The number of nitrogens with one attached hydrogen (secondary N) is 1. The summed E-state index contributed by atoms with van der Waals surface area (Å²) in [5, 5.41) is 20.6. The van der Waals surface area contributed by atoms with E-state index >= 15 is 0 Å². The van der Waals surface area contributed by atoms with Gasteiger partial charge in [0.25, 0.3) is 0 Å². The van der Waals surface area contributed by atoms with Crippen LogP contribution in [-0.2, 0) is 11.3 Å². The SMILES string of the molecule is OC1CN(c2nc(NCCn3ccnn3)cc([C@@H]3CCOC3)n2)C1. The number of rotatable bonds is 6. The van der Waals surface area contributed by atoms with Crippen LogP contribution in [-0.4, -0.2) is 69.0 Å². The quantitative estimate of drug-likeness (QED) is 0.754. The monoisotopic (exact) mass is 331 g/mol. The first kappa shape index (κ1) is 15.3. The zero-order valence-corrected chi connectivity index (χ0v) is 13.4. The van der Waals surface area contributed by atoms with Crippen molar-refractivity contribution < 1.29 is 9.84 Å². The lowest BCUT2D eigenvalue weighted by molar-refractivity contribution is 0.140. The summed E-state index contributed by atoms with van der Waals surface area (Å²) < 4.78 is 7.26. The molecule has 0 amide bonds. The predicted octanol–water partition coefficient (Wildman–Crippen LogP) is -0.135. The molecule has 4 heterocycles. The van der Waals surface area contributed by atoms with Crippen LogP contribution < -0.4 is 10.2 Å². The molecule has 2 saturated heterocycles. The first-order chi connectivity index (χ1) is 11.8. The van der Waals surface area contributed by atoms with Crippen molar-refractivity contribution >= 4 is 11.8 Å². The van der Waals surface area contributed by atoms with Gasteiger partial charge in [-0.05, 0) is 6.42 Å². The van der Waals surface area contributed by atoms with Gasteiger partial charge in [0, 0.05) is 44.4 Å². The minimum absolute atomic E-state index is 0.282. The molecule has 0 radical (unpaired) electrons. The highest BCUT2D eigenvalue weighted by molar-refractivity contribution is 5.46. The molecule has 0 saturated carbocycles.